The average Bonchev–Trinajstić information content (AvgIpc) is 3.31. The van der Waals surface area contributed by atoms with Crippen LogP contribution in [-0.4, -0.2) is 31.6 Å². The van der Waals surface area contributed by atoms with E-state index in [9.17, 15) is 4.79 Å². The van der Waals surface area contributed by atoms with Crippen LogP contribution in [0.3, 0.4) is 0 Å². The lowest BCUT2D eigenvalue weighted by molar-refractivity contribution is 0.101. The monoisotopic (exact) mass is 361 g/mol. The molecule has 3 aromatic rings. The molecule has 2 heterocycles. The molecular weight excluding hydrogens is 338 g/mol. The Balaban J connectivity index is 1.79. The lowest BCUT2D eigenvalue weighted by atomic mass is 10.2. The van der Waals surface area contributed by atoms with Crippen LogP contribution in [0.25, 0.3) is 17.2 Å². The number of hydrogen-bond donors (Lipinski definition) is 1. The van der Waals surface area contributed by atoms with E-state index in [0.29, 0.717) is 23.2 Å². The minimum absolute atomic E-state index is 0.000364. The van der Waals surface area contributed by atoms with Gasteiger partial charge in [0.1, 0.15) is 5.82 Å². The molecule has 0 saturated heterocycles. The van der Waals surface area contributed by atoms with Gasteiger partial charge in [0.2, 0.25) is 0 Å². The highest BCUT2D eigenvalue weighted by Gasteiger charge is 2.18. The Morgan fingerprint density at radius 3 is 2.56 bits per heavy atom. The lowest BCUT2D eigenvalue weighted by Gasteiger charge is -2.15. The quantitative estimate of drug-likeness (QED) is 0.690. The highest BCUT2D eigenvalue weighted by atomic mass is 16.1. The van der Waals surface area contributed by atoms with Crippen molar-refractivity contribution in [2.45, 2.75) is 45.6 Å². The molecule has 1 fully saturated rings. The zero-order valence-electron chi connectivity index (χ0n) is 15.6. The molecule has 0 amide bonds. The number of carbonyl (C=O) groups is 1. The molecule has 1 aliphatic rings. The van der Waals surface area contributed by atoms with Gasteiger partial charge in [0.25, 0.3) is 0 Å². The van der Waals surface area contributed by atoms with Gasteiger partial charge < -0.3 is 5.32 Å². The average molecular weight is 361 g/mol. The molecule has 6 nitrogen and oxygen atoms in total. The summed E-state index contributed by atoms with van der Waals surface area (Å²) in [5.41, 5.74) is 2.35. The Bertz CT molecular complexity index is 958. The van der Waals surface area contributed by atoms with Gasteiger partial charge in [-0.3, -0.25) is 4.79 Å². The van der Waals surface area contributed by atoms with Crippen LogP contribution < -0.4 is 5.32 Å². The third-order valence-corrected chi connectivity index (χ3v) is 5.06. The maximum atomic E-state index is 11.8. The van der Waals surface area contributed by atoms with Crippen molar-refractivity contribution in [3.05, 3.63) is 53.9 Å². The van der Waals surface area contributed by atoms with E-state index in [0.717, 1.165) is 29.9 Å². The summed E-state index contributed by atoms with van der Waals surface area (Å²) in [4.78, 5) is 21.3. The van der Waals surface area contributed by atoms with E-state index in [4.69, 9.17) is 9.97 Å². The predicted octanol–water partition coefficient (Wildman–Crippen LogP) is 4.19. The molecule has 0 unspecified atom stereocenters. The van der Waals surface area contributed by atoms with Crippen molar-refractivity contribution in [2.24, 2.45) is 0 Å². The zero-order chi connectivity index (χ0) is 18.8. The third kappa shape index (κ3) is 3.60. The summed E-state index contributed by atoms with van der Waals surface area (Å²) in [6.45, 7) is 3.44. The van der Waals surface area contributed by atoms with Gasteiger partial charge in [-0.25, -0.2) is 14.6 Å². The van der Waals surface area contributed by atoms with Crippen LogP contribution in [0.2, 0.25) is 0 Å². The number of nitrogens with one attached hydrogen (secondary N) is 1. The number of carbonyl (C=O) groups excluding carboxylic acids is 1. The first-order chi connectivity index (χ1) is 13.1. The molecule has 1 aliphatic carbocycles. The van der Waals surface area contributed by atoms with Crippen molar-refractivity contribution >= 4 is 11.6 Å². The van der Waals surface area contributed by atoms with E-state index >= 15 is 0 Å². The van der Waals surface area contributed by atoms with Crippen molar-refractivity contribution in [2.75, 3.05) is 5.32 Å². The fourth-order valence-electron chi connectivity index (χ4n) is 3.60. The SMILES string of the molecule is CC(=O)c1cnn(-c2cc(NC3CCCC3)nc(-c3ccccc3)n2)c1C. The number of nitrogens with zero attached hydrogens (tertiary/aromatic N) is 4. The van der Waals surface area contributed by atoms with Crippen molar-refractivity contribution in [1.82, 2.24) is 19.7 Å². The molecule has 0 atom stereocenters. The molecule has 0 bridgehead atoms. The molecule has 6 heteroatoms. The normalized spacial score (nSPS) is 14.4. The van der Waals surface area contributed by atoms with Crippen molar-refractivity contribution in [3.63, 3.8) is 0 Å². The minimum Gasteiger partial charge on any atom is -0.367 e. The van der Waals surface area contributed by atoms with Gasteiger partial charge in [-0.2, -0.15) is 5.10 Å². The summed E-state index contributed by atoms with van der Waals surface area (Å²) in [5.74, 6) is 2.10. The summed E-state index contributed by atoms with van der Waals surface area (Å²) >= 11 is 0. The van der Waals surface area contributed by atoms with Crippen LogP contribution in [0.4, 0.5) is 5.82 Å². The summed E-state index contributed by atoms with van der Waals surface area (Å²) in [7, 11) is 0. The van der Waals surface area contributed by atoms with Crippen LogP contribution in [-0.2, 0) is 0 Å². The molecule has 1 aromatic carbocycles. The van der Waals surface area contributed by atoms with Crippen LogP contribution in [0.15, 0.2) is 42.6 Å². The van der Waals surface area contributed by atoms with Crippen molar-refractivity contribution in [1.29, 1.82) is 0 Å². The summed E-state index contributed by atoms with van der Waals surface area (Å²) in [6, 6.07) is 12.3. The molecule has 0 radical (unpaired) electrons. The highest BCUT2D eigenvalue weighted by Crippen LogP contribution is 2.25. The van der Waals surface area contributed by atoms with Gasteiger partial charge >= 0.3 is 0 Å². The molecular formula is C21H23N5O. The first-order valence-electron chi connectivity index (χ1n) is 9.39. The van der Waals surface area contributed by atoms with E-state index in [1.807, 2.05) is 43.3 Å². The number of aromatic nitrogens is 4. The van der Waals surface area contributed by atoms with Gasteiger partial charge in [-0.15, -0.1) is 0 Å². The topological polar surface area (TPSA) is 72.7 Å². The first-order valence-corrected chi connectivity index (χ1v) is 9.39. The van der Waals surface area contributed by atoms with E-state index in [1.54, 1.807) is 17.8 Å². The number of ketones is 1. The van der Waals surface area contributed by atoms with Gasteiger partial charge in [-0.05, 0) is 26.7 Å². The first kappa shape index (κ1) is 17.4. The standard InChI is InChI=1S/C21H23N5O/c1-14-18(15(2)27)13-22-26(14)20-12-19(23-17-10-6-7-11-17)24-21(25-20)16-8-4-3-5-9-16/h3-5,8-9,12-13,17H,6-7,10-11H2,1-2H3,(H,23,24,25). The van der Waals surface area contributed by atoms with Crippen LogP contribution >= 0.6 is 0 Å². The van der Waals surface area contributed by atoms with Crippen LogP contribution in [0, 0.1) is 6.92 Å². The highest BCUT2D eigenvalue weighted by molar-refractivity contribution is 5.95. The van der Waals surface area contributed by atoms with E-state index in [-0.39, 0.29) is 5.78 Å². The van der Waals surface area contributed by atoms with E-state index < -0.39 is 0 Å². The number of hydrogen-bond acceptors (Lipinski definition) is 5. The minimum atomic E-state index is 0.000364. The summed E-state index contributed by atoms with van der Waals surface area (Å²) in [6.07, 6.45) is 6.43. The summed E-state index contributed by atoms with van der Waals surface area (Å²) in [5, 5.41) is 7.94. The fourth-order valence-corrected chi connectivity index (χ4v) is 3.60. The Labute approximate surface area is 158 Å². The van der Waals surface area contributed by atoms with Crippen molar-refractivity contribution < 1.29 is 4.79 Å². The third-order valence-electron chi connectivity index (χ3n) is 5.06. The Kier molecular flexibility index (Phi) is 4.71. The molecule has 0 spiro atoms. The smallest absolute Gasteiger partial charge is 0.163 e. The zero-order valence-corrected chi connectivity index (χ0v) is 15.6. The molecule has 2 aromatic heterocycles. The second-order valence-corrected chi connectivity index (χ2v) is 7.04. The van der Waals surface area contributed by atoms with Gasteiger partial charge in [0, 0.05) is 17.7 Å². The molecule has 138 valence electrons. The van der Waals surface area contributed by atoms with Gasteiger partial charge in [-0.1, -0.05) is 43.2 Å². The molecule has 4 rings (SSSR count). The van der Waals surface area contributed by atoms with E-state index in [1.165, 1.54) is 12.8 Å². The Hall–Kier alpha value is -3.02. The van der Waals surface area contributed by atoms with Gasteiger partial charge in [0.05, 0.1) is 17.5 Å². The van der Waals surface area contributed by atoms with E-state index in [2.05, 4.69) is 10.4 Å². The predicted molar refractivity (Wildman–Crippen MR) is 105 cm³/mol. The number of anilines is 1. The second kappa shape index (κ2) is 7.31. The maximum absolute atomic E-state index is 11.8. The Morgan fingerprint density at radius 2 is 1.89 bits per heavy atom. The molecule has 27 heavy (non-hydrogen) atoms. The number of Topliss-reactive ketones (excluding diaryl/α,β-unsaturated/α-hetero) is 1. The number of rotatable bonds is 5. The second-order valence-electron chi connectivity index (χ2n) is 7.04. The van der Waals surface area contributed by atoms with Crippen LogP contribution in [0.1, 0.15) is 48.7 Å². The lowest BCUT2D eigenvalue weighted by Crippen LogP contribution is -2.17. The molecule has 0 aliphatic heterocycles. The number of benzene rings is 1. The van der Waals surface area contributed by atoms with Gasteiger partial charge in [0.15, 0.2) is 17.4 Å². The maximum Gasteiger partial charge on any atom is 0.163 e. The molecule has 1 N–H and O–H groups in total. The Morgan fingerprint density at radius 1 is 1.15 bits per heavy atom. The van der Waals surface area contributed by atoms with Crippen LogP contribution in [0.5, 0.6) is 0 Å². The van der Waals surface area contributed by atoms with Crippen molar-refractivity contribution in [3.8, 4) is 17.2 Å². The largest absolute Gasteiger partial charge is 0.367 e. The summed E-state index contributed by atoms with van der Waals surface area (Å²) < 4.78 is 1.71. The molecule has 1 saturated carbocycles. The fraction of sp³-hybridized carbons (Fsp3) is 0.333.